The third-order valence-corrected chi connectivity index (χ3v) is 5.44. The minimum atomic E-state index is -1.08. The number of nitrogens with one attached hydrogen (secondary N) is 2. The van der Waals surface area contributed by atoms with E-state index in [9.17, 15) is 24.3 Å². The summed E-state index contributed by atoms with van der Waals surface area (Å²) in [6.07, 6.45) is 31.3. The Morgan fingerprint density at radius 3 is 1.88 bits per heavy atom. The van der Waals surface area contributed by atoms with E-state index in [2.05, 4.69) is 77.0 Å². The van der Waals surface area contributed by atoms with Gasteiger partial charge in [-0.25, -0.2) is 9.59 Å². The zero-order valence-electron chi connectivity index (χ0n) is 24.2. The summed E-state index contributed by atoms with van der Waals surface area (Å²) in [7, 11) is 0. The molecule has 0 aromatic heterocycles. The summed E-state index contributed by atoms with van der Waals surface area (Å²) >= 11 is 0. The van der Waals surface area contributed by atoms with Gasteiger partial charge in [-0.15, -0.1) is 0 Å². The monoisotopic (exact) mass is 556 g/mol. The van der Waals surface area contributed by atoms with Gasteiger partial charge in [-0.3, -0.25) is 9.59 Å². The van der Waals surface area contributed by atoms with Crippen LogP contribution in [0.15, 0.2) is 72.9 Å². The number of carbonyl (C=O) groups excluding carboxylic acids is 3. The summed E-state index contributed by atoms with van der Waals surface area (Å²) in [5.74, 6) is -2.37. The van der Waals surface area contributed by atoms with Crippen LogP contribution in [0.3, 0.4) is 0 Å². The van der Waals surface area contributed by atoms with E-state index in [1.807, 2.05) is 6.08 Å². The first-order valence-electron chi connectivity index (χ1n) is 14.3. The molecule has 0 spiro atoms. The van der Waals surface area contributed by atoms with Gasteiger partial charge < -0.3 is 20.5 Å². The Hall–Kier alpha value is -3.68. The van der Waals surface area contributed by atoms with Crippen molar-refractivity contribution in [3.8, 4) is 0 Å². The molecular formula is C32H48N2O6. The topological polar surface area (TPSA) is 122 Å². The van der Waals surface area contributed by atoms with Gasteiger partial charge in [0.25, 0.3) is 0 Å². The molecule has 0 aromatic carbocycles. The van der Waals surface area contributed by atoms with Crippen LogP contribution in [0, 0.1) is 0 Å². The average Bonchev–Trinajstić information content (AvgIpc) is 2.92. The van der Waals surface area contributed by atoms with E-state index < -0.39 is 23.9 Å². The van der Waals surface area contributed by atoms with Gasteiger partial charge in [-0.1, -0.05) is 67.7 Å². The number of esters is 1. The number of aliphatic carboxylic acids is 1. The minimum absolute atomic E-state index is 0.233. The quantitative estimate of drug-likeness (QED) is 0.0625. The molecule has 40 heavy (non-hydrogen) atoms. The van der Waals surface area contributed by atoms with E-state index in [0.29, 0.717) is 25.8 Å². The summed E-state index contributed by atoms with van der Waals surface area (Å²) in [5.41, 5.74) is 0. The Morgan fingerprint density at radius 2 is 1.32 bits per heavy atom. The van der Waals surface area contributed by atoms with Crippen LogP contribution in [0.25, 0.3) is 0 Å². The molecule has 1 atom stereocenters. The van der Waals surface area contributed by atoms with Crippen molar-refractivity contribution in [1.82, 2.24) is 10.6 Å². The van der Waals surface area contributed by atoms with Gasteiger partial charge >= 0.3 is 11.9 Å². The number of carbonyl (C=O) groups is 4. The Bertz CT molecular complexity index is 899. The van der Waals surface area contributed by atoms with E-state index in [-0.39, 0.29) is 25.4 Å². The first-order valence-corrected chi connectivity index (χ1v) is 14.3. The lowest BCUT2D eigenvalue weighted by Crippen LogP contribution is -2.40. The number of allylic oxidation sites excluding steroid dienone is 10. The largest absolute Gasteiger partial charge is 0.480 e. The highest BCUT2D eigenvalue weighted by Gasteiger charge is 2.18. The predicted octanol–water partition coefficient (Wildman–Crippen LogP) is 5.88. The molecule has 0 fully saturated rings. The number of unbranched alkanes of at least 4 members (excludes halogenated alkanes) is 2. The third-order valence-electron chi connectivity index (χ3n) is 5.44. The second-order valence-corrected chi connectivity index (χ2v) is 8.93. The smallest absolute Gasteiger partial charge is 0.330 e. The van der Waals surface area contributed by atoms with Gasteiger partial charge in [0.1, 0.15) is 6.04 Å². The van der Waals surface area contributed by atoms with E-state index >= 15 is 0 Å². The molecule has 3 N–H and O–H groups in total. The number of carboxylic acids is 1. The zero-order valence-corrected chi connectivity index (χ0v) is 24.2. The fraction of sp³-hybridized carbons (Fsp3) is 0.500. The van der Waals surface area contributed by atoms with Gasteiger partial charge in [0, 0.05) is 25.1 Å². The van der Waals surface area contributed by atoms with Crippen molar-refractivity contribution < 1.29 is 29.0 Å². The molecule has 0 saturated heterocycles. The number of rotatable bonds is 23. The lowest BCUT2D eigenvalue weighted by Gasteiger charge is -2.14. The van der Waals surface area contributed by atoms with Gasteiger partial charge in [0.2, 0.25) is 11.8 Å². The zero-order chi connectivity index (χ0) is 29.7. The molecule has 0 bridgehead atoms. The van der Waals surface area contributed by atoms with Crippen LogP contribution in [-0.4, -0.2) is 48.1 Å². The first kappa shape index (κ1) is 36.3. The van der Waals surface area contributed by atoms with Gasteiger partial charge in [0.05, 0.1) is 6.61 Å². The summed E-state index contributed by atoms with van der Waals surface area (Å²) in [4.78, 5) is 46.4. The SMILES string of the molecule is CC/C=C\C/C=C\C/C=C\C/C=C\C/C=C\CCCC(=O)N[C@@H](CCCCNC(=O)/C=C/C(=O)OCC)C(=O)O. The van der Waals surface area contributed by atoms with Crippen molar-refractivity contribution in [3.63, 3.8) is 0 Å². The van der Waals surface area contributed by atoms with Gasteiger partial charge in [-0.05, 0) is 71.1 Å². The summed E-state index contributed by atoms with van der Waals surface area (Å²) < 4.78 is 4.69. The number of hydrogen-bond donors (Lipinski definition) is 3. The highest BCUT2D eigenvalue weighted by Crippen LogP contribution is 2.04. The minimum Gasteiger partial charge on any atom is -0.480 e. The molecule has 0 unspecified atom stereocenters. The van der Waals surface area contributed by atoms with E-state index in [0.717, 1.165) is 50.7 Å². The lowest BCUT2D eigenvalue weighted by molar-refractivity contribution is -0.142. The second-order valence-electron chi connectivity index (χ2n) is 8.93. The number of ether oxygens (including phenoxy) is 1. The maximum Gasteiger partial charge on any atom is 0.330 e. The number of amides is 2. The highest BCUT2D eigenvalue weighted by molar-refractivity contribution is 5.94. The normalized spacial score (nSPS) is 12.8. The van der Waals surface area contributed by atoms with Crippen LogP contribution in [0.2, 0.25) is 0 Å². The molecule has 0 aliphatic carbocycles. The Morgan fingerprint density at radius 1 is 0.750 bits per heavy atom. The Balaban J connectivity index is 3.95. The highest BCUT2D eigenvalue weighted by atomic mass is 16.5. The Kier molecular flexibility index (Phi) is 24.4. The van der Waals surface area contributed by atoms with Crippen LogP contribution in [0.5, 0.6) is 0 Å². The second kappa shape index (κ2) is 26.9. The molecule has 8 nitrogen and oxygen atoms in total. The van der Waals surface area contributed by atoms with Crippen LogP contribution in [0.1, 0.15) is 84.5 Å². The van der Waals surface area contributed by atoms with Crippen LogP contribution in [0.4, 0.5) is 0 Å². The number of hydrogen-bond acceptors (Lipinski definition) is 5. The number of carboxylic acid groups (broad SMARTS) is 1. The lowest BCUT2D eigenvalue weighted by atomic mass is 10.1. The average molecular weight is 557 g/mol. The molecule has 0 aromatic rings. The Labute approximate surface area is 240 Å². The fourth-order valence-electron chi connectivity index (χ4n) is 3.35. The van der Waals surface area contributed by atoms with Crippen molar-refractivity contribution in [2.75, 3.05) is 13.2 Å². The first-order chi connectivity index (χ1) is 19.4. The summed E-state index contributed by atoms with van der Waals surface area (Å²) in [6, 6.07) is -0.958. The van der Waals surface area contributed by atoms with Crippen LogP contribution >= 0.6 is 0 Å². The van der Waals surface area contributed by atoms with Crippen LogP contribution in [-0.2, 0) is 23.9 Å². The van der Waals surface area contributed by atoms with Gasteiger partial charge in [0.15, 0.2) is 0 Å². The molecule has 8 heteroatoms. The van der Waals surface area contributed by atoms with Crippen molar-refractivity contribution in [2.24, 2.45) is 0 Å². The molecule has 2 amide bonds. The molecule has 0 heterocycles. The van der Waals surface area contributed by atoms with Crippen molar-refractivity contribution in [3.05, 3.63) is 72.9 Å². The van der Waals surface area contributed by atoms with Crippen LogP contribution < -0.4 is 10.6 Å². The molecule has 0 rings (SSSR count). The molecule has 222 valence electrons. The van der Waals surface area contributed by atoms with E-state index in [1.54, 1.807) is 6.92 Å². The molecule has 0 aliphatic rings. The maximum absolute atomic E-state index is 12.1. The van der Waals surface area contributed by atoms with E-state index in [1.165, 1.54) is 0 Å². The van der Waals surface area contributed by atoms with Gasteiger partial charge in [-0.2, -0.15) is 0 Å². The molecule has 0 aliphatic heterocycles. The maximum atomic E-state index is 12.1. The van der Waals surface area contributed by atoms with E-state index in [4.69, 9.17) is 0 Å². The standard InChI is InChI=1S/C32H48N2O6/c1-3-5-6-7-8-9-10-11-12-13-14-15-16-17-18-19-20-24-30(36)34-28(32(38)39)23-21-22-27-33-29(35)25-26-31(37)40-4-2/h5-6,8-9,11-12,14-15,17-18,25-26,28H,3-4,7,10,13,16,19-24,27H2,1-2H3,(H,33,35)(H,34,36)(H,38,39)/b6-5-,9-8-,12-11-,15-14-,18-17-,26-25+/t28-/m0/s1. The molecular weight excluding hydrogens is 508 g/mol. The summed E-state index contributed by atoms with van der Waals surface area (Å²) in [5, 5.41) is 14.6. The summed E-state index contributed by atoms with van der Waals surface area (Å²) in [6.45, 7) is 4.37. The van der Waals surface area contributed by atoms with Crippen molar-refractivity contribution in [2.45, 2.75) is 90.5 Å². The predicted molar refractivity (Wildman–Crippen MR) is 161 cm³/mol. The molecule has 0 saturated carbocycles. The van der Waals surface area contributed by atoms with Crippen molar-refractivity contribution in [1.29, 1.82) is 0 Å². The fourth-order valence-corrected chi connectivity index (χ4v) is 3.35. The molecule has 0 radical (unpaired) electrons. The van der Waals surface area contributed by atoms with Crippen molar-refractivity contribution >= 4 is 23.8 Å². The third kappa shape index (κ3) is 24.6.